The van der Waals surface area contributed by atoms with E-state index in [2.05, 4.69) is 41.9 Å². The molecule has 0 spiro atoms. The first-order valence-corrected chi connectivity index (χ1v) is 11.6. The number of benzene rings is 1. The van der Waals surface area contributed by atoms with Crippen molar-refractivity contribution in [2.45, 2.75) is 39.7 Å². The topological polar surface area (TPSA) is 45.2 Å². The number of allylic oxidation sites excluding steroid dienone is 1. The molecule has 1 heterocycles. The van der Waals surface area contributed by atoms with Crippen LogP contribution >= 0.6 is 0 Å². The van der Waals surface area contributed by atoms with Gasteiger partial charge in [-0.05, 0) is 54.7 Å². The van der Waals surface area contributed by atoms with Gasteiger partial charge in [0.15, 0.2) is 0 Å². The predicted octanol–water partition coefficient (Wildman–Crippen LogP) is 3.58. The number of rotatable bonds is 9. The molecule has 1 aromatic rings. The second kappa shape index (κ2) is 9.29. The number of hydrogen-bond acceptors (Lipinski definition) is 5. The molecule has 1 aromatic carbocycles. The van der Waals surface area contributed by atoms with Crippen LogP contribution in [-0.2, 0) is 4.74 Å². The highest BCUT2D eigenvalue weighted by Crippen LogP contribution is 2.59. The number of hydrogen-bond donors (Lipinski definition) is 1. The molecule has 5 heteroatoms. The number of fused-ring (bicyclic) bond motifs is 1. The first-order chi connectivity index (χ1) is 14.5. The molecule has 3 atom stereocenters. The standard InChI is InChI=1S/C25H38N2O3/c1-4-30-24-8-6-5-7-23(24)27-13-11-26(12-14-27)16-21(28)18-29-17-19-9-10-20-15-22(19)25(20,2)3/h5-9,20-22,28H,4,10-18H2,1-3H3. The van der Waals surface area contributed by atoms with Gasteiger partial charge in [0.25, 0.3) is 0 Å². The third-order valence-corrected chi connectivity index (χ3v) is 7.51. The average molecular weight is 415 g/mol. The summed E-state index contributed by atoms with van der Waals surface area (Å²) in [7, 11) is 0. The number of aliphatic hydroxyl groups excluding tert-OH is 1. The smallest absolute Gasteiger partial charge is 0.142 e. The summed E-state index contributed by atoms with van der Waals surface area (Å²) < 4.78 is 11.7. The molecule has 4 aliphatic rings. The lowest BCUT2D eigenvalue weighted by atomic mass is 9.49. The monoisotopic (exact) mass is 414 g/mol. The minimum absolute atomic E-state index is 0.418. The molecule has 0 amide bonds. The van der Waals surface area contributed by atoms with Gasteiger partial charge >= 0.3 is 0 Å². The molecule has 166 valence electrons. The molecule has 2 bridgehead atoms. The predicted molar refractivity (Wildman–Crippen MR) is 121 cm³/mol. The van der Waals surface area contributed by atoms with E-state index in [1.54, 1.807) is 0 Å². The van der Waals surface area contributed by atoms with Gasteiger partial charge in [-0.25, -0.2) is 0 Å². The zero-order valence-electron chi connectivity index (χ0n) is 18.8. The number of aliphatic hydroxyl groups is 1. The maximum absolute atomic E-state index is 10.5. The molecule has 5 nitrogen and oxygen atoms in total. The molecule has 30 heavy (non-hydrogen) atoms. The third-order valence-electron chi connectivity index (χ3n) is 7.51. The largest absolute Gasteiger partial charge is 0.492 e. The number of β-amino-alcohol motifs (C(OH)–C–C–N with tert-alkyl or cyclic N) is 1. The Kier molecular flexibility index (Phi) is 6.71. The molecule has 0 aromatic heterocycles. The Labute approximate surface area is 181 Å². The van der Waals surface area contributed by atoms with Crippen LogP contribution in [0.25, 0.3) is 0 Å². The van der Waals surface area contributed by atoms with Gasteiger partial charge in [-0.1, -0.05) is 32.1 Å². The summed E-state index contributed by atoms with van der Waals surface area (Å²) in [6, 6.07) is 8.26. The first-order valence-electron chi connectivity index (χ1n) is 11.6. The summed E-state index contributed by atoms with van der Waals surface area (Å²) in [4.78, 5) is 4.72. The fourth-order valence-corrected chi connectivity index (χ4v) is 5.47. The lowest BCUT2D eigenvalue weighted by Crippen LogP contribution is -2.49. The van der Waals surface area contributed by atoms with E-state index in [1.165, 1.54) is 24.1 Å². The highest BCUT2D eigenvalue weighted by Gasteiger charge is 2.50. The molecular formula is C25H38N2O3. The molecule has 3 aliphatic carbocycles. The van der Waals surface area contributed by atoms with Crippen LogP contribution in [0, 0.1) is 17.3 Å². The summed E-state index contributed by atoms with van der Waals surface area (Å²) in [6.45, 7) is 13.0. The van der Waals surface area contributed by atoms with Crippen LogP contribution in [0.4, 0.5) is 5.69 Å². The number of nitrogens with zero attached hydrogens (tertiary/aromatic N) is 2. The van der Waals surface area contributed by atoms with Crippen LogP contribution < -0.4 is 9.64 Å². The summed E-state index contributed by atoms with van der Waals surface area (Å²) in [5.41, 5.74) is 3.06. The number of piperazine rings is 1. The van der Waals surface area contributed by atoms with E-state index >= 15 is 0 Å². The quantitative estimate of drug-likeness (QED) is 0.626. The highest BCUT2D eigenvalue weighted by atomic mass is 16.5. The maximum atomic E-state index is 10.5. The fourth-order valence-electron chi connectivity index (χ4n) is 5.47. The van der Waals surface area contributed by atoms with Crippen molar-refractivity contribution in [2.24, 2.45) is 17.3 Å². The molecule has 2 fully saturated rings. The van der Waals surface area contributed by atoms with Gasteiger partial charge in [-0.15, -0.1) is 0 Å². The van der Waals surface area contributed by atoms with E-state index in [9.17, 15) is 5.11 Å². The van der Waals surface area contributed by atoms with E-state index in [1.807, 2.05) is 19.1 Å². The van der Waals surface area contributed by atoms with E-state index < -0.39 is 6.10 Å². The molecule has 5 rings (SSSR count). The summed E-state index contributed by atoms with van der Waals surface area (Å²) in [5.74, 6) is 2.50. The average Bonchev–Trinajstić information content (AvgIpc) is 2.75. The SMILES string of the molecule is CCOc1ccccc1N1CCN(CC(O)COCC2=CCC3CC2C3(C)C)CC1. The molecule has 1 saturated heterocycles. The molecule has 3 unspecified atom stereocenters. The highest BCUT2D eigenvalue weighted by molar-refractivity contribution is 5.58. The Morgan fingerprint density at radius 2 is 1.93 bits per heavy atom. The Bertz CT molecular complexity index is 740. The summed E-state index contributed by atoms with van der Waals surface area (Å²) in [5, 5.41) is 10.5. The van der Waals surface area contributed by atoms with Crippen LogP contribution in [0.1, 0.15) is 33.6 Å². The van der Waals surface area contributed by atoms with E-state index in [-0.39, 0.29) is 0 Å². The number of ether oxygens (including phenoxy) is 2. The lowest BCUT2D eigenvalue weighted by Gasteiger charge is -2.56. The molecule has 0 radical (unpaired) electrons. The Morgan fingerprint density at radius 3 is 2.63 bits per heavy atom. The maximum Gasteiger partial charge on any atom is 0.142 e. The Balaban J connectivity index is 1.18. The van der Waals surface area contributed by atoms with Gasteiger partial charge in [0.05, 0.1) is 31.6 Å². The van der Waals surface area contributed by atoms with E-state index in [0.29, 0.717) is 37.7 Å². The van der Waals surface area contributed by atoms with Crippen molar-refractivity contribution in [2.75, 3.05) is 57.4 Å². The minimum Gasteiger partial charge on any atom is -0.492 e. The normalized spacial score (nSPS) is 26.7. The van der Waals surface area contributed by atoms with Crippen molar-refractivity contribution in [3.63, 3.8) is 0 Å². The summed E-state index contributed by atoms with van der Waals surface area (Å²) >= 11 is 0. The van der Waals surface area contributed by atoms with Crippen molar-refractivity contribution in [1.82, 2.24) is 4.90 Å². The van der Waals surface area contributed by atoms with Crippen molar-refractivity contribution in [1.29, 1.82) is 0 Å². The van der Waals surface area contributed by atoms with Crippen molar-refractivity contribution in [3.05, 3.63) is 35.9 Å². The van der Waals surface area contributed by atoms with E-state index in [0.717, 1.165) is 37.8 Å². The molecule has 1 N–H and O–H groups in total. The van der Waals surface area contributed by atoms with Crippen LogP contribution in [0.2, 0.25) is 0 Å². The number of para-hydroxylation sites is 2. The van der Waals surface area contributed by atoms with Crippen molar-refractivity contribution < 1.29 is 14.6 Å². The van der Waals surface area contributed by atoms with Gasteiger partial charge in [-0.3, -0.25) is 4.90 Å². The second-order valence-electron chi connectivity index (χ2n) is 9.68. The summed E-state index contributed by atoms with van der Waals surface area (Å²) in [6.07, 6.45) is 4.47. The molecule has 1 aliphatic heterocycles. The Morgan fingerprint density at radius 1 is 1.17 bits per heavy atom. The van der Waals surface area contributed by atoms with Gasteiger partial charge in [0.2, 0.25) is 0 Å². The van der Waals surface area contributed by atoms with Gasteiger partial charge in [0, 0.05) is 32.7 Å². The van der Waals surface area contributed by atoms with Crippen LogP contribution in [0.5, 0.6) is 5.75 Å². The minimum atomic E-state index is -0.432. The zero-order valence-corrected chi connectivity index (χ0v) is 18.8. The third kappa shape index (κ3) is 4.53. The molecular weight excluding hydrogens is 376 g/mol. The number of anilines is 1. The van der Waals surface area contributed by atoms with E-state index in [4.69, 9.17) is 9.47 Å². The lowest BCUT2D eigenvalue weighted by molar-refractivity contribution is -0.0262. The molecule has 1 saturated carbocycles. The van der Waals surface area contributed by atoms with Gasteiger partial charge < -0.3 is 19.5 Å². The van der Waals surface area contributed by atoms with Gasteiger partial charge in [0.1, 0.15) is 5.75 Å². The van der Waals surface area contributed by atoms with Crippen LogP contribution in [0.3, 0.4) is 0 Å². The van der Waals surface area contributed by atoms with Crippen LogP contribution in [0.15, 0.2) is 35.9 Å². The first kappa shape index (κ1) is 21.7. The zero-order chi connectivity index (χ0) is 21.1. The van der Waals surface area contributed by atoms with Crippen molar-refractivity contribution >= 4 is 5.69 Å². The second-order valence-corrected chi connectivity index (χ2v) is 9.68. The van der Waals surface area contributed by atoms with Crippen LogP contribution in [-0.4, -0.2) is 68.7 Å². The van der Waals surface area contributed by atoms with Crippen molar-refractivity contribution in [3.8, 4) is 5.75 Å². The fraction of sp³-hybridized carbons (Fsp3) is 0.680. The Hall–Kier alpha value is -1.56. The van der Waals surface area contributed by atoms with Gasteiger partial charge in [-0.2, -0.15) is 0 Å².